The van der Waals surface area contributed by atoms with E-state index in [4.69, 9.17) is 0 Å². The summed E-state index contributed by atoms with van der Waals surface area (Å²) in [4.78, 5) is 5.03. The zero-order valence-corrected chi connectivity index (χ0v) is 11.8. The first-order chi connectivity index (χ1) is 7.66. The summed E-state index contributed by atoms with van der Waals surface area (Å²) in [6.07, 6.45) is 0. The van der Waals surface area contributed by atoms with Crippen molar-refractivity contribution in [3.8, 4) is 0 Å². The average molecular weight is 255 g/mol. The number of piperazine rings is 1. The summed E-state index contributed by atoms with van der Waals surface area (Å²) in [5, 5.41) is 0. The quantitative estimate of drug-likeness (QED) is 0.801. The van der Waals surface area contributed by atoms with E-state index in [2.05, 4.69) is 61.0 Å². The standard InChI is InChI=1S/C14H22N2.ClH/c1-12-10-16(13(2)9-15(12)3)11-14-7-5-4-6-8-14;/h4-8,12-13H,9-11H2,1-3H3;1H. The molecule has 0 amide bonds. The lowest BCUT2D eigenvalue weighted by Crippen LogP contribution is -2.54. The Morgan fingerprint density at radius 3 is 2.35 bits per heavy atom. The Balaban J connectivity index is 0.00000144. The molecule has 1 fully saturated rings. The number of hydrogen-bond donors (Lipinski definition) is 0. The fraction of sp³-hybridized carbons (Fsp3) is 0.571. The van der Waals surface area contributed by atoms with Gasteiger partial charge in [-0.1, -0.05) is 30.3 Å². The maximum absolute atomic E-state index is 2.58. The van der Waals surface area contributed by atoms with Gasteiger partial charge in [0.05, 0.1) is 0 Å². The predicted molar refractivity (Wildman–Crippen MR) is 75.7 cm³/mol. The summed E-state index contributed by atoms with van der Waals surface area (Å²) in [5.74, 6) is 0. The van der Waals surface area contributed by atoms with Crippen LogP contribution in [0.15, 0.2) is 30.3 Å². The van der Waals surface area contributed by atoms with Crippen LogP contribution in [-0.2, 0) is 6.54 Å². The second-order valence-electron chi connectivity index (χ2n) is 5.05. The van der Waals surface area contributed by atoms with Crippen molar-refractivity contribution in [2.24, 2.45) is 0 Å². The maximum Gasteiger partial charge on any atom is 0.0237 e. The highest BCUT2D eigenvalue weighted by molar-refractivity contribution is 5.85. The first-order valence-corrected chi connectivity index (χ1v) is 6.15. The molecule has 0 saturated carbocycles. The molecular formula is C14H23ClN2. The summed E-state index contributed by atoms with van der Waals surface area (Å²) in [6.45, 7) is 8.07. The van der Waals surface area contributed by atoms with E-state index in [0.717, 1.165) is 6.54 Å². The van der Waals surface area contributed by atoms with E-state index in [-0.39, 0.29) is 12.4 Å². The van der Waals surface area contributed by atoms with Gasteiger partial charge in [0.15, 0.2) is 0 Å². The van der Waals surface area contributed by atoms with E-state index in [1.54, 1.807) is 0 Å². The Labute approximate surface area is 111 Å². The zero-order chi connectivity index (χ0) is 11.5. The number of likely N-dealkylation sites (N-methyl/N-ethyl adjacent to an activating group) is 1. The molecule has 0 spiro atoms. The first kappa shape index (κ1) is 14.5. The number of nitrogens with zero attached hydrogens (tertiary/aromatic N) is 2. The van der Waals surface area contributed by atoms with Crippen LogP contribution in [0.4, 0.5) is 0 Å². The van der Waals surface area contributed by atoms with E-state index < -0.39 is 0 Å². The number of halogens is 1. The van der Waals surface area contributed by atoms with Crippen LogP contribution in [0.3, 0.4) is 0 Å². The molecule has 0 radical (unpaired) electrons. The molecular weight excluding hydrogens is 232 g/mol. The third-order valence-electron chi connectivity index (χ3n) is 3.66. The smallest absolute Gasteiger partial charge is 0.0237 e. The molecule has 96 valence electrons. The fourth-order valence-electron chi connectivity index (χ4n) is 2.41. The lowest BCUT2D eigenvalue weighted by atomic mass is 10.1. The third kappa shape index (κ3) is 3.70. The second kappa shape index (κ2) is 6.39. The van der Waals surface area contributed by atoms with E-state index >= 15 is 0 Å². The SMILES string of the molecule is CC1CN(Cc2ccccc2)C(C)CN1C.Cl. The average Bonchev–Trinajstić information content (AvgIpc) is 2.27. The number of benzene rings is 1. The molecule has 1 aromatic rings. The summed E-state index contributed by atoms with van der Waals surface area (Å²) in [5.41, 5.74) is 1.42. The molecule has 2 atom stereocenters. The van der Waals surface area contributed by atoms with E-state index in [0.29, 0.717) is 12.1 Å². The minimum Gasteiger partial charge on any atom is -0.301 e. The summed E-state index contributed by atoms with van der Waals surface area (Å²) >= 11 is 0. The number of rotatable bonds is 2. The first-order valence-electron chi connectivity index (χ1n) is 6.15. The van der Waals surface area contributed by atoms with Crippen LogP contribution >= 0.6 is 12.4 Å². The van der Waals surface area contributed by atoms with E-state index in [1.165, 1.54) is 18.7 Å². The Hall–Kier alpha value is -0.570. The molecule has 2 rings (SSSR count). The third-order valence-corrected chi connectivity index (χ3v) is 3.66. The second-order valence-corrected chi connectivity index (χ2v) is 5.05. The van der Waals surface area contributed by atoms with Gasteiger partial charge in [0, 0.05) is 31.7 Å². The highest BCUT2D eigenvalue weighted by Crippen LogP contribution is 2.16. The fourth-order valence-corrected chi connectivity index (χ4v) is 2.41. The van der Waals surface area contributed by atoms with Crippen LogP contribution in [0, 0.1) is 0 Å². The Morgan fingerprint density at radius 1 is 1.06 bits per heavy atom. The van der Waals surface area contributed by atoms with Crippen LogP contribution in [-0.4, -0.2) is 42.0 Å². The van der Waals surface area contributed by atoms with Gasteiger partial charge in [0.2, 0.25) is 0 Å². The molecule has 1 aliphatic heterocycles. The monoisotopic (exact) mass is 254 g/mol. The molecule has 3 heteroatoms. The van der Waals surface area contributed by atoms with Crippen molar-refractivity contribution < 1.29 is 0 Å². The minimum atomic E-state index is 0. The molecule has 1 aromatic carbocycles. The van der Waals surface area contributed by atoms with Gasteiger partial charge in [0.1, 0.15) is 0 Å². The van der Waals surface area contributed by atoms with Crippen molar-refractivity contribution in [3.05, 3.63) is 35.9 Å². The molecule has 2 nitrogen and oxygen atoms in total. The Kier molecular flexibility index (Phi) is 5.44. The summed E-state index contributed by atoms with van der Waals surface area (Å²) in [6, 6.07) is 12.1. The highest BCUT2D eigenvalue weighted by atomic mass is 35.5. The topological polar surface area (TPSA) is 6.48 Å². The molecule has 17 heavy (non-hydrogen) atoms. The summed E-state index contributed by atoms with van der Waals surface area (Å²) < 4.78 is 0. The van der Waals surface area contributed by atoms with Gasteiger partial charge < -0.3 is 4.90 Å². The normalized spacial score (nSPS) is 26.5. The van der Waals surface area contributed by atoms with Crippen molar-refractivity contribution in [2.45, 2.75) is 32.5 Å². The van der Waals surface area contributed by atoms with Crippen molar-refractivity contribution in [1.82, 2.24) is 9.80 Å². The van der Waals surface area contributed by atoms with E-state index in [9.17, 15) is 0 Å². The largest absolute Gasteiger partial charge is 0.301 e. The van der Waals surface area contributed by atoms with Crippen LogP contribution in [0.1, 0.15) is 19.4 Å². The molecule has 1 saturated heterocycles. The highest BCUT2D eigenvalue weighted by Gasteiger charge is 2.26. The predicted octanol–water partition coefficient (Wildman–Crippen LogP) is 2.63. The molecule has 1 heterocycles. The van der Waals surface area contributed by atoms with Gasteiger partial charge in [-0.15, -0.1) is 12.4 Å². The Bertz CT molecular complexity index is 328. The maximum atomic E-state index is 2.58. The molecule has 0 bridgehead atoms. The lowest BCUT2D eigenvalue weighted by molar-refractivity contribution is 0.0546. The molecule has 1 aliphatic rings. The Morgan fingerprint density at radius 2 is 1.71 bits per heavy atom. The molecule has 2 unspecified atom stereocenters. The number of hydrogen-bond acceptors (Lipinski definition) is 2. The lowest BCUT2D eigenvalue weighted by Gasteiger charge is -2.42. The molecule has 0 aliphatic carbocycles. The van der Waals surface area contributed by atoms with Crippen molar-refractivity contribution >= 4 is 12.4 Å². The zero-order valence-electron chi connectivity index (χ0n) is 11.0. The van der Waals surface area contributed by atoms with Gasteiger partial charge in [-0.2, -0.15) is 0 Å². The van der Waals surface area contributed by atoms with Crippen LogP contribution in [0.5, 0.6) is 0 Å². The van der Waals surface area contributed by atoms with Crippen molar-refractivity contribution in [1.29, 1.82) is 0 Å². The summed E-state index contributed by atoms with van der Waals surface area (Å²) in [7, 11) is 2.22. The van der Waals surface area contributed by atoms with Crippen LogP contribution < -0.4 is 0 Å². The van der Waals surface area contributed by atoms with Gasteiger partial charge in [0.25, 0.3) is 0 Å². The van der Waals surface area contributed by atoms with Crippen molar-refractivity contribution in [3.63, 3.8) is 0 Å². The van der Waals surface area contributed by atoms with Crippen LogP contribution in [0.2, 0.25) is 0 Å². The molecule has 0 aromatic heterocycles. The van der Waals surface area contributed by atoms with Gasteiger partial charge >= 0.3 is 0 Å². The molecule has 0 N–H and O–H groups in total. The minimum absolute atomic E-state index is 0. The van der Waals surface area contributed by atoms with Gasteiger partial charge in [-0.3, -0.25) is 4.90 Å². The van der Waals surface area contributed by atoms with Crippen LogP contribution in [0.25, 0.3) is 0 Å². The van der Waals surface area contributed by atoms with Gasteiger partial charge in [-0.25, -0.2) is 0 Å². The van der Waals surface area contributed by atoms with Crippen molar-refractivity contribution in [2.75, 3.05) is 20.1 Å². The van der Waals surface area contributed by atoms with Gasteiger partial charge in [-0.05, 0) is 26.5 Å². The van der Waals surface area contributed by atoms with E-state index in [1.807, 2.05) is 0 Å².